The van der Waals surface area contributed by atoms with Crippen LogP contribution in [-0.4, -0.2) is 69.7 Å². The Labute approximate surface area is 177 Å². The molecule has 0 radical (unpaired) electrons. The zero-order chi connectivity index (χ0) is 21.0. The number of nitrogens with one attached hydrogen (secondary N) is 1. The zero-order valence-corrected chi connectivity index (χ0v) is 18.8. The van der Waals surface area contributed by atoms with Gasteiger partial charge in [0.2, 0.25) is 5.91 Å². The Balaban J connectivity index is 1.60. The number of aromatic nitrogens is 3. The normalized spacial score (nSPS) is 15.5. The van der Waals surface area contributed by atoms with Gasteiger partial charge in [-0.05, 0) is 51.8 Å². The number of carbonyl (C=O) groups is 1. The number of morpholine rings is 1. The third-order valence-corrected chi connectivity index (χ3v) is 6.25. The molecule has 1 aliphatic heterocycles. The van der Waals surface area contributed by atoms with E-state index in [2.05, 4.69) is 66.3 Å². The second kappa shape index (κ2) is 9.28. The summed E-state index contributed by atoms with van der Waals surface area (Å²) in [6.07, 6.45) is 0. The molecule has 2 aromatic rings. The van der Waals surface area contributed by atoms with E-state index in [0.717, 1.165) is 48.5 Å². The highest BCUT2D eigenvalue weighted by atomic mass is 32.2. The first kappa shape index (κ1) is 21.8. The molecule has 1 saturated heterocycles. The van der Waals surface area contributed by atoms with Crippen LogP contribution in [-0.2, 0) is 9.53 Å². The van der Waals surface area contributed by atoms with E-state index in [1.54, 1.807) is 0 Å². The Morgan fingerprint density at radius 3 is 2.66 bits per heavy atom. The maximum absolute atomic E-state index is 12.5. The Hall–Kier alpha value is -1.90. The summed E-state index contributed by atoms with van der Waals surface area (Å²) >= 11 is 1.42. The molecule has 0 unspecified atom stereocenters. The van der Waals surface area contributed by atoms with Crippen LogP contribution in [0.1, 0.15) is 30.8 Å². The van der Waals surface area contributed by atoms with Gasteiger partial charge in [0.25, 0.3) is 0 Å². The van der Waals surface area contributed by atoms with Crippen molar-refractivity contribution < 1.29 is 9.53 Å². The minimum absolute atomic E-state index is 0.00417. The molecule has 1 aromatic carbocycles. The summed E-state index contributed by atoms with van der Waals surface area (Å²) in [6, 6.07) is 6.31. The van der Waals surface area contributed by atoms with Crippen molar-refractivity contribution >= 4 is 17.7 Å². The van der Waals surface area contributed by atoms with Crippen LogP contribution in [0.15, 0.2) is 23.4 Å². The van der Waals surface area contributed by atoms with Crippen molar-refractivity contribution in [1.82, 2.24) is 25.0 Å². The first-order valence-electron chi connectivity index (χ1n) is 10.00. The van der Waals surface area contributed by atoms with Gasteiger partial charge in [-0.3, -0.25) is 14.3 Å². The fraction of sp³-hybridized carbons (Fsp3) is 0.571. The van der Waals surface area contributed by atoms with Crippen LogP contribution in [0.3, 0.4) is 0 Å². The van der Waals surface area contributed by atoms with Gasteiger partial charge in [-0.2, -0.15) is 0 Å². The molecule has 0 aliphatic carbocycles. The van der Waals surface area contributed by atoms with Crippen LogP contribution >= 0.6 is 11.8 Å². The quantitative estimate of drug-likeness (QED) is 0.698. The summed E-state index contributed by atoms with van der Waals surface area (Å²) < 4.78 is 7.45. The number of carbonyl (C=O) groups excluding carboxylic acids is 1. The molecule has 0 bridgehead atoms. The van der Waals surface area contributed by atoms with Crippen LogP contribution in [0, 0.1) is 20.8 Å². The largest absolute Gasteiger partial charge is 0.379 e. The van der Waals surface area contributed by atoms with Crippen molar-refractivity contribution in [2.75, 3.05) is 38.6 Å². The topological polar surface area (TPSA) is 72.3 Å². The van der Waals surface area contributed by atoms with Crippen molar-refractivity contribution in [3.05, 3.63) is 35.2 Å². The summed E-state index contributed by atoms with van der Waals surface area (Å²) in [5.41, 5.74) is 3.29. The molecule has 1 aromatic heterocycles. The lowest BCUT2D eigenvalue weighted by atomic mass is 10.0. The summed E-state index contributed by atoms with van der Waals surface area (Å²) in [6.45, 7) is 14.3. The van der Waals surface area contributed by atoms with Gasteiger partial charge < -0.3 is 10.1 Å². The predicted octanol–water partition coefficient (Wildman–Crippen LogP) is 2.51. The van der Waals surface area contributed by atoms with Crippen LogP contribution in [0.2, 0.25) is 0 Å². The molecule has 0 spiro atoms. The Morgan fingerprint density at radius 2 is 1.93 bits per heavy atom. The molecule has 8 heteroatoms. The Bertz CT molecular complexity index is 859. The smallest absolute Gasteiger partial charge is 0.230 e. The second-order valence-electron chi connectivity index (χ2n) is 8.13. The van der Waals surface area contributed by atoms with E-state index in [-0.39, 0.29) is 11.4 Å². The van der Waals surface area contributed by atoms with Gasteiger partial charge in [0.05, 0.1) is 24.7 Å². The lowest BCUT2D eigenvalue weighted by molar-refractivity contribution is -0.119. The average Bonchev–Trinajstić information content (AvgIpc) is 3.07. The van der Waals surface area contributed by atoms with Crippen molar-refractivity contribution in [1.29, 1.82) is 0 Å². The highest BCUT2D eigenvalue weighted by Crippen LogP contribution is 2.25. The highest BCUT2D eigenvalue weighted by molar-refractivity contribution is 7.99. The van der Waals surface area contributed by atoms with Gasteiger partial charge in [-0.25, -0.2) is 0 Å². The zero-order valence-electron chi connectivity index (χ0n) is 18.0. The fourth-order valence-electron chi connectivity index (χ4n) is 3.45. The van der Waals surface area contributed by atoms with Crippen molar-refractivity contribution in [3.63, 3.8) is 0 Å². The third kappa shape index (κ3) is 5.38. The first-order chi connectivity index (χ1) is 13.8. The van der Waals surface area contributed by atoms with Gasteiger partial charge in [0.1, 0.15) is 5.82 Å². The molecule has 3 rings (SSSR count). The van der Waals surface area contributed by atoms with E-state index in [1.165, 1.54) is 17.3 Å². The van der Waals surface area contributed by atoms with Gasteiger partial charge >= 0.3 is 0 Å². The van der Waals surface area contributed by atoms with Crippen LogP contribution in [0.4, 0.5) is 0 Å². The number of ether oxygens (including phenoxy) is 1. The maximum Gasteiger partial charge on any atom is 0.230 e. The lowest BCUT2D eigenvalue weighted by Gasteiger charge is -2.40. The lowest BCUT2D eigenvalue weighted by Crippen LogP contribution is -2.55. The van der Waals surface area contributed by atoms with E-state index in [4.69, 9.17) is 4.74 Å². The van der Waals surface area contributed by atoms with Gasteiger partial charge in [-0.1, -0.05) is 23.9 Å². The predicted molar refractivity (Wildman–Crippen MR) is 116 cm³/mol. The summed E-state index contributed by atoms with van der Waals surface area (Å²) in [5, 5.41) is 12.3. The average molecular weight is 418 g/mol. The van der Waals surface area contributed by atoms with Gasteiger partial charge in [-0.15, -0.1) is 10.2 Å². The number of benzene rings is 1. The minimum Gasteiger partial charge on any atom is -0.379 e. The molecule has 1 fully saturated rings. The molecule has 0 saturated carbocycles. The van der Waals surface area contributed by atoms with Crippen LogP contribution in [0.5, 0.6) is 0 Å². The van der Waals surface area contributed by atoms with Crippen molar-refractivity contribution in [2.24, 2.45) is 0 Å². The van der Waals surface area contributed by atoms with Crippen LogP contribution in [0.25, 0.3) is 5.69 Å². The van der Waals surface area contributed by atoms with E-state index in [1.807, 2.05) is 11.5 Å². The molecule has 29 heavy (non-hydrogen) atoms. The number of thioether (sulfide) groups is 1. The summed E-state index contributed by atoms with van der Waals surface area (Å²) in [4.78, 5) is 14.9. The number of nitrogens with zero attached hydrogens (tertiary/aromatic N) is 4. The highest BCUT2D eigenvalue weighted by Gasteiger charge is 2.28. The number of rotatable bonds is 7. The Morgan fingerprint density at radius 1 is 1.21 bits per heavy atom. The SMILES string of the molecule is Cc1ccc(C)c(-n2c(C)nnc2SCC(=O)NCC(C)(C)N2CCOCC2)c1. The second-order valence-corrected chi connectivity index (χ2v) is 9.07. The molecule has 1 amide bonds. The fourth-order valence-corrected chi connectivity index (χ4v) is 4.27. The van der Waals surface area contributed by atoms with Crippen molar-refractivity contribution in [3.8, 4) is 5.69 Å². The standard InChI is InChI=1S/C21H31N5O2S/c1-15-6-7-16(2)18(12-15)26-17(3)23-24-20(26)29-13-19(27)22-14-21(4,5)25-8-10-28-11-9-25/h6-7,12H,8-11,13-14H2,1-5H3,(H,22,27). The summed E-state index contributed by atoms with van der Waals surface area (Å²) in [5.74, 6) is 1.13. The molecular weight excluding hydrogens is 386 g/mol. The molecule has 2 heterocycles. The number of hydrogen-bond acceptors (Lipinski definition) is 6. The molecular formula is C21H31N5O2S. The monoisotopic (exact) mass is 417 g/mol. The molecule has 0 atom stereocenters. The third-order valence-electron chi connectivity index (χ3n) is 5.32. The molecule has 1 aliphatic rings. The molecule has 158 valence electrons. The number of aryl methyl sites for hydroxylation is 3. The Kier molecular flexibility index (Phi) is 6.97. The van der Waals surface area contributed by atoms with E-state index >= 15 is 0 Å². The molecule has 1 N–H and O–H groups in total. The van der Waals surface area contributed by atoms with Crippen molar-refractivity contribution in [2.45, 2.75) is 45.3 Å². The minimum atomic E-state index is -0.0978. The first-order valence-corrected chi connectivity index (χ1v) is 11.0. The van der Waals surface area contributed by atoms with E-state index in [0.29, 0.717) is 12.3 Å². The number of amides is 1. The van der Waals surface area contributed by atoms with Crippen LogP contribution < -0.4 is 5.32 Å². The van der Waals surface area contributed by atoms with E-state index < -0.39 is 0 Å². The summed E-state index contributed by atoms with van der Waals surface area (Å²) in [7, 11) is 0. The van der Waals surface area contributed by atoms with Gasteiger partial charge in [0.15, 0.2) is 5.16 Å². The molecule has 7 nitrogen and oxygen atoms in total. The number of hydrogen-bond donors (Lipinski definition) is 1. The van der Waals surface area contributed by atoms with E-state index in [9.17, 15) is 4.79 Å². The maximum atomic E-state index is 12.5. The van der Waals surface area contributed by atoms with Gasteiger partial charge in [0, 0.05) is 25.2 Å².